The van der Waals surface area contributed by atoms with E-state index in [1.54, 1.807) is 0 Å². The van der Waals surface area contributed by atoms with Gasteiger partial charge in [0.05, 0.1) is 0 Å². The second kappa shape index (κ2) is 8.18. The van der Waals surface area contributed by atoms with Gasteiger partial charge in [-0.2, -0.15) is 0 Å². The van der Waals surface area contributed by atoms with Gasteiger partial charge in [0.25, 0.3) is 0 Å². The maximum absolute atomic E-state index is 12.4. The Balaban J connectivity index is 1.78. The fraction of sp³-hybridized carbons (Fsp3) is 0.611. The Hall–Kier alpha value is -1.35. The van der Waals surface area contributed by atoms with Crippen molar-refractivity contribution in [3.05, 3.63) is 35.9 Å². The van der Waals surface area contributed by atoms with Crippen LogP contribution in [0.15, 0.2) is 30.3 Å². The van der Waals surface area contributed by atoms with E-state index >= 15 is 0 Å². The molecule has 3 atom stereocenters. The van der Waals surface area contributed by atoms with Crippen molar-refractivity contribution in [1.29, 1.82) is 0 Å². The van der Waals surface area contributed by atoms with Gasteiger partial charge in [0.2, 0.25) is 5.91 Å². The minimum Gasteiger partial charge on any atom is -0.353 e. The van der Waals surface area contributed by atoms with Gasteiger partial charge in [0.15, 0.2) is 0 Å². The highest BCUT2D eigenvalue weighted by atomic mass is 16.1. The summed E-state index contributed by atoms with van der Waals surface area (Å²) < 4.78 is 0. The lowest BCUT2D eigenvalue weighted by Crippen LogP contribution is -2.43. The molecule has 1 saturated carbocycles. The Kier molecular flexibility index (Phi) is 6.24. The quantitative estimate of drug-likeness (QED) is 0.845. The van der Waals surface area contributed by atoms with Crippen LogP contribution in [0.2, 0.25) is 0 Å². The summed E-state index contributed by atoms with van der Waals surface area (Å²) in [6.07, 6.45) is 6.47. The van der Waals surface area contributed by atoms with Crippen molar-refractivity contribution in [3.8, 4) is 0 Å². The number of benzene rings is 1. The summed E-state index contributed by atoms with van der Waals surface area (Å²) in [7, 11) is 0. The Morgan fingerprint density at radius 1 is 1.29 bits per heavy atom. The topological polar surface area (TPSA) is 55.1 Å². The van der Waals surface area contributed by atoms with Crippen LogP contribution in [-0.2, 0) is 11.2 Å². The summed E-state index contributed by atoms with van der Waals surface area (Å²) in [5.74, 6) is 0.716. The van der Waals surface area contributed by atoms with E-state index in [0.29, 0.717) is 12.5 Å². The molecule has 3 nitrogen and oxygen atoms in total. The zero-order valence-corrected chi connectivity index (χ0v) is 13.1. The maximum Gasteiger partial charge on any atom is 0.223 e. The fourth-order valence-electron chi connectivity index (χ4n) is 3.28. The van der Waals surface area contributed by atoms with Crippen LogP contribution in [0.25, 0.3) is 0 Å². The molecular formula is C18H28N2O. The molecule has 0 bridgehead atoms. The SMILES string of the molecule is CC(CCc1ccccc1)NC(=O)C1CCCCC1CN. The number of aryl methyl sites for hydroxylation is 1. The lowest BCUT2D eigenvalue weighted by Gasteiger charge is -2.30. The Morgan fingerprint density at radius 2 is 2.00 bits per heavy atom. The van der Waals surface area contributed by atoms with Gasteiger partial charge >= 0.3 is 0 Å². The lowest BCUT2D eigenvalue weighted by molar-refractivity contribution is -0.128. The molecule has 0 saturated heterocycles. The van der Waals surface area contributed by atoms with E-state index in [1.165, 1.54) is 12.0 Å². The average molecular weight is 288 g/mol. The summed E-state index contributed by atoms with van der Waals surface area (Å²) in [6.45, 7) is 2.73. The summed E-state index contributed by atoms with van der Waals surface area (Å²) in [5.41, 5.74) is 7.15. The Bertz CT molecular complexity index is 432. The molecule has 21 heavy (non-hydrogen) atoms. The molecule has 0 spiro atoms. The minimum absolute atomic E-state index is 0.128. The van der Waals surface area contributed by atoms with Crippen LogP contribution in [0.1, 0.15) is 44.6 Å². The van der Waals surface area contributed by atoms with E-state index in [1.807, 2.05) is 6.07 Å². The van der Waals surface area contributed by atoms with Crippen molar-refractivity contribution in [2.45, 2.75) is 51.5 Å². The first-order chi connectivity index (χ1) is 10.2. The van der Waals surface area contributed by atoms with E-state index in [2.05, 4.69) is 36.5 Å². The molecule has 0 radical (unpaired) electrons. The predicted octanol–water partition coefficient (Wildman–Crippen LogP) is 2.89. The molecular weight excluding hydrogens is 260 g/mol. The number of hydrogen-bond donors (Lipinski definition) is 2. The van der Waals surface area contributed by atoms with Gasteiger partial charge in [0.1, 0.15) is 0 Å². The molecule has 0 aromatic heterocycles. The number of nitrogens with one attached hydrogen (secondary N) is 1. The summed E-state index contributed by atoms with van der Waals surface area (Å²) in [6, 6.07) is 10.7. The molecule has 1 aliphatic rings. The molecule has 0 heterocycles. The van der Waals surface area contributed by atoms with Gasteiger partial charge in [-0.1, -0.05) is 43.2 Å². The fourth-order valence-corrected chi connectivity index (χ4v) is 3.28. The normalized spacial score (nSPS) is 23.5. The summed E-state index contributed by atoms with van der Waals surface area (Å²) >= 11 is 0. The van der Waals surface area contributed by atoms with E-state index in [9.17, 15) is 4.79 Å². The number of hydrogen-bond acceptors (Lipinski definition) is 2. The van der Waals surface area contributed by atoms with Crippen LogP contribution in [-0.4, -0.2) is 18.5 Å². The minimum atomic E-state index is 0.128. The molecule has 3 unspecified atom stereocenters. The number of amides is 1. The van der Waals surface area contributed by atoms with Crippen LogP contribution in [0.5, 0.6) is 0 Å². The van der Waals surface area contributed by atoms with E-state index in [0.717, 1.165) is 32.1 Å². The maximum atomic E-state index is 12.4. The highest BCUT2D eigenvalue weighted by Crippen LogP contribution is 2.29. The second-order valence-electron chi connectivity index (χ2n) is 6.32. The van der Waals surface area contributed by atoms with Crippen LogP contribution in [0.3, 0.4) is 0 Å². The van der Waals surface area contributed by atoms with Crippen molar-refractivity contribution < 1.29 is 4.79 Å². The largest absolute Gasteiger partial charge is 0.353 e. The third-order valence-electron chi connectivity index (χ3n) is 4.65. The molecule has 1 aromatic rings. The van der Waals surface area contributed by atoms with Crippen molar-refractivity contribution in [2.75, 3.05) is 6.54 Å². The van der Waals surface area contributed by atoms with E-state index < -0.39 is 0 Å². The van der Waals surface area contributed by atoms with Crippen molar-refractivity contribution in [3.63, 3.8) is 0 Å². The van der Waals surface area contributed by atoms with E-state index in [-0.39, 0.29) is 17.9 Å². The number of nitrogens with two attached hydrogens (primary N) is 1. The van der Waals surface area contributed by atoms with Crippen LogP contribution in [0.4, 0.5) is 0 Å². The van der Waals surface area contributed by atoms with E-state index in [4.69, 9.17) is 5.73 Å². The molecule has 3 N–H and O–H groups in total. The van der Waals surface area contributed by atoms with Crippen molar-refractivity contribution in [2.24, 2.45) is 17.6 Å². The van der Waals surface area contributed by atoms with Gasteiger partial charge < -0.3 is 11.1 Å². The van der Waals surface area contributed by atoms with Gasteiger partial charge in [-0.15, -0.1) is 0 Å². The predicted molar refractivity (Wildman–Crippen MR) is 86.9 cm³/mol. The third-order valence-corrected chi connectivity index (χ3v) is 4.65. The van der Waals surface area contributed by atoms with Crippen LogP contribution < -0.4 is 11.1 Å². The summed E-state index contributed by atoms with van der Waals surface area (Å²) in [5, 5.41) is 3.19. The zero-order chi connectivity index (χ0) is 15.1. The molecule has 1 aromatic carbocycles. The highest BCUT2D eigenvalue weighted by Gasteiger charge is 2.30. The first-order valence-corrected chi connectivity index (χ1v) is 8.25. The van der Waals surface area contributed by atoms with Crippen LogP contribution >= 0.6 is 0 Å². The molecule has 1 amide bonds. The monoisotopic (exact) mass is 288 g/mol. The summed E-state index contributed by atoms with van der Waals surface area (Å²) in [4.78, 5) is 12.4. The molecule has 3 heteroatoms. The first kappa shape index (κ1) is 16.0. The van der Waals surface area contributed by atoms with Crippen LogP contribution in [0, 0.1) is 11.8 Å². The smallest absolute Gasteiger partial charge is 0.223 e. The number of rotatable bonds is 6. The van der Waals surface area contributed by atoms with Gasteiger partial charge in [-0.3, -0.25) is 4.79 Å². The Labute approximate surface area is 128 Å². The highest BCUT2D eigenvalue weighted by molar-refractivity contribution is 5.79. The molecule has 116 valence electrons. The molecule has 1 fully saturated rings. The van der Waals surface area contributed by atoms with Gasteiger partial charge in [-0.05, 0) is 50.6 Å². The van der Waals surface area contributed by atoms with Gasteiger partial charge in [0, 0.05) is 12.0 Å². The average Bonchev–Trinajstić information content (AvgIpc) is 2.53. The lowest BCUT2D eigenvalue weighted by atomic mass is 9.78. The Morgan fingerprint density at radius 3 is 2.71 bits per heavy atom. The zero-order valence-electron chi connectivity index (χ0n) is 13.1. The molecule has 2 rings (SSSR count). The molecule has 0 aliphatic heterocycles. The van der Waals surface area contributed by atoms with Gasteiger partial charge in [-0.25, -0.2) is 0 Å². The standard InChI is InChI=1S/C18H28N2O/c1-14(11-12-15-7-3-2-4-8-15)20-18(21)17-10-6-5-9-16(17)13-19/h2-4,7-8,14,16-17H,5-6,9-13,19H2,1H3,(H,20,21). The van der Waals surface area contributed by atoms with Crippen molar-refractivity contribution in [1.82, 2.24) is 5.32 Å². The third kappa shape index (κ3) is 4.85. The van der Waals surface area contributed by atoms with Crippen molar-refractivity contribution >= 4 is 5.91 Å². The second-order valence-corrected chi connectivity index (χ2v) is 6.32. The molecule has 1 aliphatic carbocycles. The number of carbonyl (C=O) groups excluding carboxylic acids is 1. The first-order valence-electron chi connectivity index (χ1n) is 8.25. The number of carbonyl (C=O) groups is 1.